The van der Waals surface area contributed by atoms with E-state index < -0.39 is 41.1 Å². The molecule has 172 valence electrons. The van der Waals surface area contributed by atoms with E-state index in [1.165, 1.54) is 0 Å². The zero-order valence-corrected chi connectivity index (χ0v) is 18.3. The molecule has 1 aromatic carbocycles. The van der Waals surface area contributed by atoms with Crippen LogP contribution in [-0.4, -0.2) is 37.8 Å². The Morgan fingerprint density at radius 3 is 2.28 bits per heavy atom. The van der Waals surface area contributed by atoms with Crippen molar-refractivity contribution in [3.8, 4) is 5.88 Å². The van der Waals surface area contributed by atoms with Crippen molar-refractivity contribution in [3.63, 3.8) is 0 Å². The number of carboxylic acid groups (broad SMARTS) is 1. The van der Waals surface area contributed by atoms with E-state index >= 15 is 0 Å². The first-order chi connectivity index (χ1) is 15.2. The molecule has 0 atom stereocenters. The number of hydrogen-bond donors (Lipinski definition) is 3. The minimum absolute atomic E-state index is 0.0325. The van der Waals surface area contributed by atoms with Crippen molar-refractivity contribution >= 4 is 11.9 Å². The third-order valence-electron chi connectivity index (χ3n) is 5.90. The number of rotatable bonds is 7. The Labute approximate surface area is 185 Å². The molecule has 9 heteroatoms. The van der Waals surface area contributed by atoms with Crippen molar-refractivity contribution < 1.29 is 19.8 Å². The molecular weight excluding hydrogens is 414 g/mol. The molecule has 3 N–H and O–H groups in total. The van der Waals surface area contributed by atoms with Crippen LogP contribution in [0.4, 0.5) is 0 Å². The first-order valence-corrected chi connectivity index (χ1v) is 10.9. The molecule has 1 amide bonds. The first kappa shape index (κ1) is 23.3. The highest BCUT2D eigenvalue weighted by molar-refractivity contribution is 5.97. The van der Waals surface area contributed by atoms with Crippen LogP contribution in [0.2, 0.25) is 0 Å². The molecule has 0 aliphatic heterocycles. The van der Waals surface area contributed by atoms with E-state index in [4.69, 9.17) is 5.11 Å². The first-order valence-electron chi connectivity index (χ1n) is 10.9. The summed E-state index contributed by atoms with van der Waals surface area (Å²) in [6, 6.07) is 7.16. The van der Waals surface area contributed by atoms with E-state index in [1.807, 2.05) is 24.3 Å². The zero-order valence-electron chi connectivity index (χ0n) is 18.3. The summed E-state index contributed by atoms with van der Waals surface area (Å²) in [7, 11) is 0. The predicted octanol–water partition coefficient (Wildman–Crippen LogP) is 2.21. The van der Waals surface area contributed by atoms with Crippen molar-refractivity contribution in [2.24, 2.45) is 0 Å². The number of hydrogen-bond acceptors (Lipinski definition) is 5. The van der Waals surface area contributed by atoms with E-state index in [0.717, 1.165) is 39.5 Å². The fraction of sp³-hybridized carbons (Fsp3) is 0.478. The number of benzene rings is 1. The van der Waals surface area contributed by atoms with E-state index in [1.54, 1.807) is 0 Å². The lowest BCUT2D eigenvalue weighted by atomic mass is 9.95. The van der Waals surface area contributed by atoms with Gasteiger partial charge in [-0.25, -0.2) is 4.79 Å². The van der Waals surface area contributed by atoms with E-state index in [0.29, 0.717) is 18.8 Å². The summed E-state index contributed by atoms with van der Waals surface area (Å²) in [5.41, 5.74) is -0.352. The number of nitrogens with one attached hydrogen (secondary N) is 1. The summed E-state index contributed by atoms with van der Waals surface area (Å²) in [4.78, 5) is 49.8. The lowest BCUT2D eigenvalue weighted by Gasteiger charge is -2.25. The number of carbonyl (C=O) groups is 2. The summed E-state index contributed by atoms with van der Waals surface area (Å²) >= 11 is 0. The van der Waals surface area contributed by atoms with Gasteiger partial charge in [0.05, 0.1) is 6.54 Å². The monoisotopic (exact) mass is 443 g/mol. The van der Waals surface area contributed by atoms with Crippen LogP contribution in [0.5, 0.6) is 5.88 Å². The quantitative estimate of drug-likeness (QED) is 0.601. The van der Waals surface area contributed by atoms with E-state index in [9.17, 15) is 24.3 Å². The SMILES string of the molecule is CC(C)c1ccc(Cn2c(O)c(C(=O)NCC(=O)O)c(=O)n(C3CCCCC3)c2=O)cc1. The van der Waals surface area contributed by atoms with Crippen molar-refractivity contribution in [1.82, 2.24) is 14.5 Å². The molecule has 1 aromatic heterocycles. The number of aromatic nitrogens is 2. The fourth-order valence-electron chi connectivity index (χ4n) is 4.10. The molecule has 1 aliphatic carbocycles. The van der Waals surface area contributed by atoms with Crippen LogP contribution in [0.25, 0.3) is 0 Å². The molecule has 0 spiro atoms. The minimum Gasteiger partial charge on any atom is -0.494 e. The average Bonchev–Trinajstić information content (AvgIpc) is 2.76. The molecule has 0 unspecified atom stereocenters. The van der Waals surface area contributed by atoms with Gasteiger partial charge in [-0.15, -0.1) is 0 Å². The summed E-state index contributed by atoms with van der Waals surface area (Å²) < 4.78 is 2.06. The second kappa shape index (κ2) is 9.84. The summed E-state index contributed by atoms with van der Waals surface area (Å²) in [5.74, 6) is -2.74. The molecular formula is C23H29N3O6. The third-order valence-corrected chi connectivity index (χ3v) is 5.90. The average molecular weight is 444 g/mol. The molecule has 32 heavy (non-hydrogen) atoms. The number of aliphatic carboxylic acids is 1. The number of carbonyl (C=O) groups excluding carboxylic acids is 1. The van der Waals surface area contributed by atoms with Gasteiger partial charge in [0.25, 0.3) is 11.5 Å². The van der Waals surface area contributed by atoms with Gasteiger partial charge in [-0.1, -0.05) is 57.4 Å². The van der Waals surface area contributed by atoms with Crippen molar-refractivity contribution in [2.45, 2.75) is 64.5 Å². The van der Waals surface area contributed by atoms with Gasteiger partial charge in [-0.2, -0.15) is 0 Å². The molecule has 2 aromatic rings. The summed E-state index contributed by atoms with van der Waals surface area (Å²) in [6.07, 6.45) is 3.97. The smallest absolute Gasteiger partial charge is 0.334 e. The minimum atomic E-state index is -1.29. The molecule has 1 aliphatic rings. The van der Waals surface area contributed by atoms with Crippen molar-refractivity contribution in [2.75, 3.05) is 6.54 Å². The number of nitrogens with zero attached hydrogens (tertiary/aromatic N) is 2. The van der Waals surface area contributed by atoms with Gasteiger partial charge in [0.2, 0.25) is 5.88 Å². The lowest BCUT2D eigenvalue weighted by molar-refractivity contribution is -0.135. The van der Waals surface area contributed by atoms with E-state index in [-0.39, 0.29) is 12.6 Å². The van der Waals surface area contributed by atoms with Gasteiger partial charge in [0, 0.05) is 6.04 Å². The maximum absolute atomic E-state index is 13.3. The van der Waals surface area contributed by atoms with Gasteiger partial charge in [-0.05, 0) is 29.9 Å². The number of carboxylic acids is 1. The molecule has 0 bridgehead atoms. The summed E-state index contributed by atoms with van der Waals surface area (Å²) in [5, 5.41) is 21.7. The second-order valence-electron chi connectivity index (χ2n) is 8.51. The van der Waals surface area contributed by atoms with Crippen LogP contribution in [-0.2, 0) is 11.3 Å². The molecule has 1 heterocycles. The highest BCUT2D eigenvalue weighted by Gasteiger charge is 2.28. The van der Waals surface area contributed by atoms with Crippen LogP contribution < -0.4 is 16.6 Å². The van der Waals surface area contributed by atoms with E-state index in [2.05, 4.69) is 19.2 Å². The maximum atomic E-state index is 13.3. The number of aromatic hydroxyl groups is 1. The number of amides is 1. The normalized spacial score (nSPS) is 14.5. The largest absolute Gasteiger partial charge is 0.494 e. The van der Waals surface area contributed by atoms with Crippen LogP contribution in [0, 0.1) is 0 Å². The van der Waals surface area contributed by atoms with Crippen LogP contribution in [0.3, 0.4) is 0 Å². The van der Waals surface area contributed by atoms with Gasteiger partial charge >= 0.3 is 11.7 Å². The Balaban J connectivity index is 2.11. The summed E-state index contributed by atoms with van der Waals surface area (Å²) in [6.45, 7) is 3.38. The van der Waals surface area contributed by atoms with Gasteiger partial charge in [0.1, 0.15) is 6.54 Å². The Hall–Kier alpha value is -3.36. The molecule has 3 rings (SSSR count). The van der Waals surface area contributed by atoms with Crippen molar-refractivity contribution in [3.05, 3.63) is 61.8 Å². The Bertz CT molecular complexity index is 1110. The molecule has 0 saturated heterocycles. The standard InChI is InChI=1S/C23H29N3O6/c1-14(2)16-10-8-15(9-11-16)13-25-21(30)19(20(29)24-12-18(27)28)22(31)26(23(25)32)17-6-4-3-5-7-17/h8-11,14,17,30H,3-7,12-13H2,1-2H3,(H,24,29)(H,27,28). The van der Waals surface area contributed by atoms with Gasteiger partial charge < -0.3 is 15.5 Å². The fourth-order valence-corrected chi connectivity index (χ4v) is 4.10. The molecule has 1 fully saturated rings. The van der Waals surface area contributed by atoms with Crippen LogP contribution in [0.15, 0.2) is 33.9 Å². The van der Waals surface area contributed by atoms with Crippen LogP contribution in [0.1, 0.15) is 79.4 Å². The highest BCUT2D eigenvalue weighted by Crippen LogP contribution is 2.27. The predicted molar refractivity (Wildman–Crippen MR) is 118 cm³/mol. The molecule has 1 saturated carbocycles. The Kier molecular flexibility index (Phi) is 7.17. The van der Waals surface area contributed by atoms with Crippen molar-refractivity contribution in [1.29, 1.82) is 0 Å². The lowest BCUT2D eigenvalue weighted by Crippen LogP contribution is -2.47. The third kappa shape index (κ3) is 4.92. The molecule has 9 nitrogen and oxygen atoms in total. The highest BCUT2D eigenvalue weighted by atomic mass is 16.4. The topological polar surface area (TPSA) is 131 Å². The van der Waals surface area contributed by atoms with Gasteiger partial charge in [0.15, 0.2) is 5.56 Å². The second-order valence-corrected chi connectivity index (χ2v) is 8.51. The molecule has 0 radical (unpaired) electrons. The Morgan fingerprint density at radius 1 is 1.09 bits per heavy atom. The van der Waals surface area contributed by atoms with Gasteiger partial charge in [-0.3, -0.25) is 23.5 Å². The Morgan fingerprint density at radius 2 is 1.72 bits per heavy atom. The maximum Gasteiger partial charge on any atom is 0.334 e. The van der Waals surface area contributed by atoms with Crippen LogP contribution >= 0.6 is 0 Å². The zero-order chi connectivity index (χ0) is 23.4.